The summed E-state index contributed by atoms with van der Waals surface area (Å²) in [4.78, 5) is 4.83. The number of ether oxygens (including phenoxy) is 1. The predicted molar refractivity (Wildman–Crippen MR) is 215 cm³/mol. The van der Waals surface area contributed by atoms with Crippen LogP contribution in [0.2, 0.25) is 0 Å². The Bertz CT molecular complexity index is 2260. The molecule has 0 fully saturated rings. The van der Waals surface area contributed by atoms with Gasteiger partial charge in [0, 0.05) is 40.4 Å². The first-order valence-electron chi connectivity index (χ1n) is 19.4. The summed E-state index contributed by atoms with van der Waals surface area (Å²) in [6.07, 6.45) is 9.77. The van der Waals surface area contributed by atoms with E-state index in [4.69, 9.17) is 14.8 Å². The number of fused-ring (bicyclic) bond motifs is 3. The van der Waals surface area contributed by atoms with E-state index in [1.807, 2.05) is 12.3 Å². The van der Waals surface area contributed by atoms with Crippen LogP contribution in [0, 0.1) is 36.8 Å². The normalized spacial score (nSPS) is 17.5. The van der Waals surface area contributed by atoms with Crippen LogP contribution in [-0.2, 0) is 33.9 Å². The number of hydrogen-bond donors (Lipinski definition) is 0. The van der Waals surface area contributed by atoms with Crippen LogP contribution in [0.25, 0.3) is 33.3 Å². The molecule has 53 heavy (non-hydrogen) atoms. The summed E-state index contributed by atoms with van der Waals surface area (Å²) >= 11 is 0. The molecule has 0 N–H and O–H groups in total. The van der Waals surface area contributed by atoms with E-state index in [1.54, 1.807) is 0 Å². The summed E-state index contributed by atoms with van der Waals surface area (Å²) < 4.78 is 11.1. The Kier molecular flexibility index (Phi) is 11.8. The molecule has 6 heteroatoms. The minimum atomic E-state index is 0. The monoisotopic (exact) mass is 885 g/mol. The molecule has 0 bridgehead atoms. The fraction of sp³-hybridized carbons (Fsp3) is 0.404. The molecule has 7 rings (SSSR count). The third-order valence-electron chi connectivity index (χ3n) is 10.9. The molecule has 1 aliphatic rings. The number of rotatable bonds is 11. The van der Waals surface area contributed by atoms with Crippen molar-refractivity contribution in [2.24, 2.45) is 17.8 Å². The fourth-order valence-corrected chi connectivity index (χ4v) is 8.53. The number of allylic oxidation sites excluding steroid dienone is 2. The van der Waals surface area contributed by atoms with Crippen molar-refractivity contribution in [3.8, 4) is 23.0 Å². The van der Waals surface area contributed by atoms with E-state index in [1.165, 1.54) is 39.8 Å². The first-order chi connectivity index (χ1) is 25.0. The van der Waals surface area contributed by atoms with Gasteiger partial charge in [-0.25, -0.2) is 4.98 Å². The molecule has 3 aromatic carbocycles. The van der Waals surface area contributed by atoms with Gasteiger partial charge in [0.05, 0.1) is 5.69 Å². The summed E-state index contributed by atoms with van der Waals surface area (Å²) in [5.41, 5.74) is 10.8. The maximum Gasteiger partial charge on any atom is 2.00 e. The minimum absolute atomic E-state index is 0. The fourth-order valence-electron chi connectivity index (χ4n) is 8.53. The second-order valence-electron chi connectivity index (χ2n) is 16.0. The summed E-state index contributed by atoms with van der Waals surface area (Å²) in [6.45, 7) is 20.6. The molecule has 0 spiro atoms. The molecular formula is C47H54N4OPt. The third kappa shape index (κ3) is 7.83. The number of aryl methyl sites for hydroxylation is 2. The van der Waals surface area contributed by atoms with Crippen molar-refractivity contribution in [3.63, 3.8) is 0 Å². The minimum Gasteiger partial charge on any atom is -0.509 e. The first kappa shape index (κ1) is 38.8. The Hall–Kier alpha value is -3.95. The van der Waals surface area contributed by atoms with E-state index in [9.17, 15) is 0 Å². The van der Waals surface area contributed by atoms with Crippen LogP contribution in [-0.4, -0.2) is 19.3 Å². The van der Waals surface area contributed by atoms with Gasteiger partial charge in [-0.2, -0.15) is 11.2 Å². The van der Waals surface area contributed by atoms with Gasteiger partial charge < -0.3 is 9.30 Å². The Morgan fingerprint density at radius 2 is 1.70 bits per heavy atom. The zero-order valence-corrected chi connectivity index (χ0v) is 35.1. The Balaban J connectivity index is 0.00000481. The molecule has 0 saturated heterocycles. The number of aromatic nitrogens is 4. The Morgan fingerprint density at radius 1 is 0.906 bits per heavy atom. The molecule has 3 atom stereocenters. The molecular weight excluding hydrogens is 832 g/mol. The van der Waals surface area contributed by atoms with Crippen LogP contribution in [0.3, 0.4) is 0 Å². The Morgan fingerprint density at radius 3 is 2.43 bits per heavy atom. The molecule has 0 saturated carbocycles. The summed E-state index contributed by atoms with van der Waals surface area (Å²) in [6, 6.07) is 28.7. The molecule has 1 aliphatic carbocycles. The zero-order valence-electron chi connectivity index (χ0n) is 32.9. The number of nitrogens with zero attached hydrogens (tertiary/aromatic N) is 4. The van der Waals surface area contributed by atoms with Gasteiger partial charge in [-0.15, -0.1) is 41.3 Å². The van der Waals surface area contributed by atoms with Gasteiger partial charge in [-0.3, -0.25) is 4.68 Å². The largest absolute Gasteiger partial charge is 2.00 e. The topological polar surface area (TPSA) is 44.9 Å². The van der Waals surface area contributed by atoms with Crippen molar-refractivity contribution in [3.05, 3.63) is 119 Å². The van der Waals surface area contributed by atoms with Crippen molar-refractivity contribution < 1.29 is 25.8 Å². The van der Waals surface area contributed by atoms with Gasteiger partial charge in [0.2, 0.25) is 0 Å². The molecule has 278 valence electrons. The van der Waals surface area contributed by atoms with Gasteiger partial charge in [0.25, 0.3) is 0 Å². The van der Waals surface area contributed by atoms with Crippen molar-refractivity contribution in [2.45, 2.75) is 106 Å². The molecule has 1 unspecified atom stereocenters. The average Bonchev–Trinajstić information content (AvgIpc) is 3.61. The first-order valence-corrected chi connectivity index (χ1v) is 19.4. The molecule has 3 aromatic heterocycles. The molecule has 3 heterocycles. The third-order valence-corrected chi connectivity index (χ3v) is 10.9. The van der Waals surface area contributed by atoms with Crippen molar-refractivity contribution in [1.29, 1.82) is 0 Å². The smallest absolute Gasteiger partial charge is 0.509 e. The summed E-state index contributed by atoms with van der Waals surface area (Å²) in [5.74, 6) is 4.64. The zero-order chi connectivity index (χ0) is 36.7. The van der Waals surface area contributed by atoms with Crippen LogP contribution in [0.4, 0.5) is 0 Å². The van der Waals surface area contributed by atoms with Gasteiger partial charge in [-0.1, -0.05) is 90.3 Å². The predicted octanol–water partition coefficient (Wildman–Crippen LogP) is 12.4. The second kappa shape index (κ2) is 16.2. The van der Waals surface area contributed by atoms with Crippen LogP contribution < -0.4 is 4.74 Å². The van der Waals surface area contributed by atoms with Crippen LogP contribution in [0.5, 0.6) is 11.5 Å². The van der Waals surface area contributed by atoms with E-state index in [0.717, 1.165) is 59.3 Å². The van der Waals surface area contributed by atoms with Crippen molar-refractivity contribution in [2.75, 3.05) is 0 Å². The van der Waals surface area contributed by atoms with E-state index in [-0.39, 0.29) is 21.1 Å². The SMILES string of the molecule is CCCc1ccnc(-n2c3[c-]c(Oc4[c-]c(-n5nc(C)c(C6C(C)=C[C@H](C)C[C@@H]6C)c5CCC(C)C)cc(C(C)C)c4)ccc3c3ccccc32)c1.[Pt+2]. The van der Waals surface area contributed by atoms with E-state index in [0.29, 0.717) is 41.1 Å². The number of para-hydroxylation sites is 1. The maximum absolute atomic E-state index is 6.73. The molecule has 6 aromatic rings. The van der Waals surface area contributed by atoms with Crippen molar-refractivity contribution >= 4 is 21.8 Å². The van der Waals surface area contributed by atoms with Gasteiger partial charge in [0.15, 0.2) is 0 Å². The van der Waals surface area contributed by atoms with E-state index in [2.05, 4.69) is 144 Å². The molecule has 5 nitrogen and oxygen atoms in total. The van der Waals surface area contributed by atoms with Crippen LogP contribution in [0.15, 0.2) is 78.5 Å². The molecule has 0 aliphatic heterocycles. The van der Waals surface area contributed by atoms with Gasteiger partial charge in [0.1, 0.15) is 5.82 Å². The molecule has 0 amide bonds. The quantitative estimate of drug-likeness (QED) is 0.0962. The average molecular weight is 886 g/mol. The second-order valence-corrected chi connectivity index (χ2v) is 16.0. The van der Waals surface area contributed by atoms with E-state index < -0.39 is 0 Å². The van der Waals surface area contributed by atoms with Crippen molar-refractivity contribution in [1.82, 2.24) is 19.3 Å². The number of pyridine rings is 1. The summed E-state index contributed by atoms with van der Waals surface area (Å²) in [7, 11) is 0. The molecule has 0 radical (unpaired) electrons. The summed E-state index contributed by atoms with van der Waals surface area (Å²) in [5, 5.41) is 7.58. The van der Waals surface area contributed by atoms with Crippen LogP contribution >= 0.6 is 0 Å². The number of hydrogen-bond acceptors (Lipinski definition) is 3. The van der Waals surface area contributed by atoms with Gasteiger partial charge >= 0.3 is 21.1 Å². The van der Waals surface area contributed by atoms with Gasteiger partial charge in [-0.05, 0) is 98.0 Å². The van der Waals surface area contributed by atoms with E-state index >= 15 is 0 Å². The van der Waals surface area contributed by atoms with Crippen LogP contribution in [0.1, 0.15) is 115 Å². The maximum atomic E-state index is 6.73. The number of benzene rings is 3. The standard InChI is InChI=1S/C47H54N4O.Pt/c1-10-13-35-20-21-48-45(24-35)50-42-15-12-11-14-40(42)41-18-17-38(28-44(41)50)52-39-26-36(30(4)5)25-37(27-39)51-43(19-16-29(2)3)47(34(9)49-51)46-32(7)22-31(6)23-33(46)8;/h11-12,14-15,17-18,20-22,24-26,29-31,33,46H,10,13,16,19,23H2,1-9H3;/q-2;+2/t31-,33-,46?;/m0./s1. The Labute approximate surface area is 331 Å².